The fourth-order valence-electron chi connectivity index (χ4n) is 4.35. The monoisotopic (exact) mass is 437 g/mol. The highest BCUT2D eigenvalue weighted by Gasteiger charge is 2.41. The highest BCUT2D eigenvalue weighted by Crippen LogP contribution is 2.46. The van der Waals surface area contributed by atoms with E-state index in [4.69, 9.17) is 4.74 Å². The Balaban J connectivity index is 1.76. The van der Waals surface area contributed by atoms with Gasteiger partial charge in [-0.3, -0.25) is 4.79 Å². The third-order valence-electron chi connectivity index (χ3n) is 5.77. The summed E-state index contributed by atoms with van der Waals surface area (Å²) < 4.78 is 5.57. The van der Waals surface area contributed by atoms with Gasteiger partial charge in [0.25, 0.3) is 0 Å². The predicted molar refractivity (Wildman–Crippen MR) is 121 cm³/mol. The highest BCUT2D eigenvalue weighted by molar-refractivity contribution is 7.10. The van der Waals surface area contributed by atoms with Crippen molar-refractivity contribution in [3.63, 3.8) is 0 Å². The van der Waals surface area contributed by atoms with Gasteiger partial charge >= 0.3 is 5.97 Å². The standard InChI is InChI=1S/C25H27NO4S/c1-14(2)13-30-25(29)22-15(3)26-19-11-17(21-5-4-10-31-21)12-20(28)24(19)23(22)16-6-8-18(27)9-7-16/h4-10,14,17,23,26-27H,11-13H2,1-3H3/t17-,23+/m1/s1. The Kier molecular flexibility index (Phi) is 6.01. The molecule has 0 fully saturated rings. The lowest BCUT2D eigenvalue weighted by Crippen LogP contribution is -2.36. The summed E-state index contributed by atoms with van der Waals surface area (Å²) in [5.74, 6) is -0.367. The number of aromatic hydroxyl groups is 1. The normalized spacial score (nSPS) is 21.2. The number of esters is 1. The molecule has 0 radical (unpaired) electrons. The summed E-state index contributed by atoms with van der Waals surface area (Å²) in [6.45, 7) is 6.16. The number of ketones is 1. The summed E-state index contributed by atoms with van der Waals surface area (Å²) in [6.07, 6.45) is 1.14. The number of carbonyl (C=O) groups is 2. The van der Waals surface area contributed by atoms with E-state index in [9.17, 15) is 14.7 Å². The van der Waals surface area contributed by atoms with E-state index in [-0.39, 0.29) is 23.4 Å². The molecule has 0 spiro atoms. The van der Waals surface area contributed by atoms with Crippen molar-refractivity contribution in [3.05, 3.63) is 74.8 Å². The zero-order valence-corrected chi connectivity index (χ0v) is 18.8. The Bertz CT molecular complexity index is 1050. The largest absolute Gasteiger partial charge is 0.508 e. The van der Waals surface area contributed by atoms with Gasteiger partial charge in [-0.05, 0) is 48.4 Å². The van der Waals surface area contributed by atoms with Gasteiger partial charge in [-0.2, -0.15) is 0 Å². The first-order valence-corrected chi connectivity index (χ1v) is 11.5. The van der Waals surface area contributed by atoms with Crippen molar-refractivity contribution in [2.24, 2.45) is 5.92 Å². The minimum atomic E-state index is -0.506. The summed E-state index contributed by atoms with van der Waals surface area (Å²) in [4.78, 5) is 27.7. The van der Waals surface area contributed by atoms with Gasteiger partial charge in [0, 0.05) is 40.1 Å². The van der Waals surface area contributed by atoms with Crippen LogP contribution in [-0.4, -0.2) is 23.5 Å². The average Bonchev–Trinajstić information content (AvgIpc) is 3.26. The number of ether oxygens (including phenoxy) is 1. The molecule has 6 heteroatoms. The van der Waals surface area contributed by atoms with Crippen molar-refractivity contribution in [1.82, 2.24) is 5.32 Å². The van der Waals surface area contributed by atoms with E-state index in [0.29, 0.717) is 29.9 Å². The Morgan fingerprint density at radius 1 is 1.23 bits per heavy atom. The molecular formula is C25H27NO4S. The molecule has 2 atom stereocenters. The van der Waals surface area contributed by atoms with Gasteiger partial charge in [-0.25, -0.2) is 4.79 Å². The maximum atomic E-state index is 13.4. The third kappa shape index (κ3) is 4.30. The van der Waals surface area contributed by atoms with Crippen LogP contribution in [0.25, 0.3) is 0 Å². The molecule has 2 aromatic rings. The van der Waals surface area contributed by atoms with Crippen LogP contribution >= 0.6 is 11.3 Å². The Hall–Kier alpha value is -2.86. The van der Waals surface area contributed by atoms with Gasteiger partial charge in [0.05, 0.1) is 12.2 Å². The number of dihydropyridines is 1. The number of hydrogen-bond donors (Lipinski definition) is 2. The van der Waals surface area contributed by atoms with Gasteiger partial charge in [-0.15, -0.1) is 11.3 Å². The zero-order valence-electron chi connectivity index (χ0n) is 18.0. The molecule has 4 rings (SSSR count). The molecular weight excluding hydrogens is 410 g/mol. The number of benzene rings is 1. The topological polar surface area (TPSA) is 75.6 Å². The van der Waals surface area contributed by atoms with Crippen LogP contribution in [0.1, 0.15) is 55.9 Å². The molecule has 0 unspecified atom stereocenters. The quantitative estimate of drug-likeness (QED) is 0.643. The Morgan fingerprint density at radius 2 is 1.97 bits per heavy atom. The summed E-state index contributed by atoms with van der Waals surface area (Å²) in [5, 5.41) is 15.2. The minimum Gasteiger partial charge on any atom is -0.508 e. The van der Waals surface area contributed by atoms with E-state index >= 15 is 0 Å². The van der Waals surface area contributed by atoms with Crippen molar-refractivity contribution in [1.29, 1.82) is 0 Å². The van der Waals surface area contributed by atoms with Crippen molar-refractivity contribution in [2.75, 3.05) is 6.61 Å². The van der Waals surface area contributed by atoms with Crippen molar-refractivity contribution < 1.29 is 19.4 Å². The predicted octanol–water partition coefficient (Wildman–Crippen LogP) is 5.01. The van der Waals surface area contributed by atoms with Crippen molar-refractivity contribution in [2.45, 2.75) is 45.4 Å². The summed E-state index contributed by atoms with van der Waals surface area (Å²) in [5.41, 5.74) is 3.50. The molecule has 1 aromatic carbocycles. The maximum Gasteiger partial charge on any atom is 0.336 e. The van der Waals surface area contributed by atoms with Gasteiger partial charge in [0.1, 0.15) is 5.75 Å². The molecule has 1 aromatic heterocycles. The second kappa shape index (κ2) is 8.71. The first kappa shape index (κ1) is 21.4. The lowest BCUT2D eigenvalue weighted by molar-refractivity contribution is -0.140. The van der Waals surface area contributed by atoms with Crippen LogP contribution in [0, 0.1) is 5.92 Å². The van der Waals surface area contributed by atoms with Crippen LogP contribution in [0.15, 0.2) is 64.3 Å². The highest BCUT2D eigenvalue weighted by atomic mass is 32.1. The molecule has 1 aliphatic heterocycles. The first-order valence-electron chi connectivity index (χ1n) is 10.6. The molecule has 5 nitrogen and oxygen atoms in total. The van der Waals surface area contributed by atoms with E-state index < -0.39 is 11.9 Å². The van der Waals surface area contributed by atoms with Crippen LogP contribution < -0.4 is 5.32 Å². The molecule has 2 N–H and O–H groups in total. The molecule has 0 bridgehead atoms. The number of allylic oxidation sites excluding steroid dienone is 3. The SMILES string of the molecule is CC1=C(C(=O)OCC(C)C)[C@H](c2ccc(O)cc2)C2=C(C[C@@H](c3cccs3)CC2=O)N1. The molecule has 162 valence electrons. The Labute approximate surface area is 186 Å². The van der Waals surface area contributed by atoms with Gasteiger partial charge in [0.15, 0.2) is 5.78 Å². The summed E-state index contributed by atoms with van der Waals surface area (Å²) in [7, 11) is 0. The van der Waals surface area contributed by atoms with Crippen LogP contribution in [0.5, 0.6) is 5.75 Å². The lowest BCUT2D eigenvalue weighted by atomic mass is 9.72. The van der Waals surface area contributed by atoms with Crippen molar-refractivity contribution >= 4 is 23.1 Å². The molecule has 1 aliphatic carbocycles. The van der Waals surface area contributed by atoms with E-state index in [0.717, 1.165) is 17.7 Å². The van der Waals surface area contributed by atoms with Gasteiger partial charge < -0.3 is 15.2 Å². The number of phenolic OH excluding ortho intramolecular Hbond substituents is 1. The lowest BCUT2D eigenvalue weighted by Gasteiger charge is -2.36. The molecule has 0 saturated carbocycles. The van der Waals surface area contributed by atoms with Gasteiger partial charge in [-0.1, -0.05) is 32.0 Å². The molecule has 2 heterocycles. The number of phenols is 1. The summed E-state index contributed by atoms with van der Waals surface area (Å²) in [6, 6.07) is 10.8. The van der Waals surface area contributed by atoms with E-state index in [2.05, 4.69) is 11.4 Å². The average molecular weight is 438 g/mol. The Morgan fingerprint density at radius 3 is 2.61 bits per heavy atom. The summed E-state index contributed by atoms with van der Waals surface area (Å²) >= 11 is 1.67. The third-order valence-corrected chi connectivity index (χ3v) is 6.80. The van der Waals surface area contributed by atoms with Gasteiger partial charge in [0.2, 0.25) is 0 Å². The van der Waals surface area contributed by atoms with Crippen LogP contribution in [0.4, 0.5) is 0 Å². The van der Waals surface area contributed by atoms with Crippen LogP contribution in [0.2, 0.25) is 0 Å². The molecule has 31 heavy (non-hydrogen) atoms. The van der Waals surface area contributed by atoms with Crippen molar-refractivity contribution in [3.8, 4) is 5.75 Å². The number of thiophene rings is 1. The molecule has 2 aliphatic rings. The van der Waals surface area contributed by atoms with E-state index in [1.54, 1.807) is 35.6 Å². The molecule has 0 saturated heterocycles. The number of rotatable bonds is 5. The zero-order chi connectivity index (χ0) is 22.1. The van der Waals surface area contributed by atoms with Crippen LogP contribution in [-0.2, 0) is 14.3 Å². The van der Waals surface area contributed by atoms with Crippen LogP contribution in [0.3, 0.4) is 0 Å². The minimum absolute atomic E-state index is 0.0480. The molecule has 0 amide bonds. The van der Waals surface area contributed by atoms with E-state index in [1.807, 2.05) is 32.2 Å². The second-order valence-electron chi connectivity index (χ2n) is 8.62. The number of nitrogens with one attached hydrogen (secondary N) is 1. The first-order chi connectivity index (χ1) is 14.8. The fourth-order valence-corrected chi connectivity index (χ4v) is 5.19. The van der Waals surface area contributed by atoms with E-state index in [1.165, 1.54) is 4.88 Å². The number of hydrogen-bond acceptors (Lipinski definition) is 6. The fraction of sp³-hybridized carbons (Fsp3) is 0.360. The number of Topliss-reactive ketones (excluding diaryl/α,β-unsaturated/α-hetero) is 1. The maximum absolute atomic E-state index is 13.4. The number of carbonyl (C=O) groups excluding carboxylic acids is 2. The smallest absolute Gasteiger partial charge is 0.336 e. The second-order valence-corrected chi connectivity index (χ2v) is 9.60.